The Bertz CT molecular complexity index is 725. The van der Waals surface area contributed by atoms with Crippen molar-refractivity contribution in [1.29, 1.82) is 0 Å². The van der Waals surface area contributed by atoms with E-state index >= 15 is 0 Å². The predicted molar refractivity (Wildman–Crippen MR) is 86.0 cm³/mol. The zero-order valence-electron chi connectivity index (χ0n) is 12.5. The first-order valence-corrected chi connectivity index (χ1v) is 7.39. The van der Waals surface area contributed by atoms with Gasteiger partial charge >= 0.3 is 0 Å². The molecule has 1 N–H and O–H groups in total. The quantitative estimate of drug-likeness (QED) is 0.940. The van der Waals surface area contributed by atoms with Gasteiger partial charge in [-0.3, -0.25) is 9.59 Å². The van der Waals surface area contributed by atoms with Crippen LogP contribution in [0.4, 0.5) is 5.69 Å². The zero-order chi connectivity index (χ0) is 15.5. The van der Waals surface area contributed by atoms with Crippen molar-refractivity contribution in [3.8, 4) is 0 Å². The highest BCUT2D eigenvalue weighted by molar-refractivity contribution is 6.01. The van der Waals surface area contributed by atoms with Crippen molar-refractivity contribution in [3.63, 3.8) is 0 Å². The molecule has 0 radical (unpaired) electrons. The maximum Gasteiger partial charge on any atom is 0.251 e. The Hall–Kier alpha value is -2.62. The molecule has 3 rings (SSSR count). The van der Waals surface area contributed by atoms with E-state index in [0.717, 1.165) is 16.8 Å². The van der Waals surface area contributed by atoms with Crippen LogP contribution in [0.3, 0.4) is 0 Å². The Morgan fingerprint density at radius 2 is 1.86 bits per heavy atom. The van der Waals surface area contributed by atoms with E-state index in [-0.39, 0.29) is 11.8 Å². The summed E-state index contributed by atoms with van der Waals surface area (Å²) in [5.74, 6) is -0.00984. The number of anilines is 1. The van der Waals surface area contributed by atoms with Crippen LogP contribution in [-0.4, -0.2) is 24.9 Å². The fourth-order valence-electron chi connectivity index (χ4n) is 2.77. The molecule has 4 heteroatoms. The highest BCUT2D eigenvalue weighted by Gasteiger charge is 2.26. The monoisotopic (exact) mass is 294 g/mol. The molecular formula is C18H18N2O2. The lowest BCUT2D eigenvalue weighted by atomic mass is 10.1. The van der Waals surface area contributed by atoms with Crippen molar-refractivity contribution in [2.75, 3.05) is 18.0 Å². The molecular weight excluding hydrogens is 276 g/mol. The summed E-state index contributed by atoms with van der Waals surface area (Å²) < 4.78 is 0. The summed E-state index contributed by atoms with van der Waals surface area (Å²) in [7, 11) is 0. The van der Waals surface area contributed by atoms with Gasteiger partial charge in [-0.15, -0.1) is 0 Å². The second-order valence-electron chi connectivity index (χ2n) is 5.42. The minimum atomic E-state index is -0.0990. The molecule has 0 spiro atoms. The Morgan fingerprint density at radius 1 is 1.14 bits per heavy atom. The van der Waals surface area contributed by atoms with E-state index in [9.17, 15) is 9.59 Å². The number of benzene rings is 2. The predicted octanol–water partition coefficient (Wildman–Crippen LogP) is 2.31. The fourth-order valence-corrected chi connectivity index (χ4v) is 2.77. The maximum atomic E-state index is 12.2. The molecule has 0 aliphatic carbocycles. The van der Waals surface area contributed by atoms with Gasteiger partial charge in [-0.25, -0.2) is 0 Å². The van der Waals surface area contributed by atoms with Gasteiger partial charge in [0.1, 0.15) is 0 Å². The van der Waals surface area contributed by atoms with E-state index in [2.05, 4.69) is 5.32 Å². The molecule has 2 aromatic carbocycles. The lowest BCUT2D eigenvalue weighted by Crippen LogP contribution is -2.36. The topological polar surface area (TPSA) is 49.4 Å². The standard InChI is InChI=1S/C18H18N2O2/c1-13-6-2-4-8-15(13)18(22)19-10-11-20-16-9-5-3-7-14(16)12-17(20)21/h2-9H,10-12H2,1H3,(H,19,22). The van der Waals surface area contributed by atoms with Gasteiger partial charge in [0.25, 0.3) is 5.91 Å². The number of carbonyl (C=O) groups excluding carboxylic acids is 2. The first-order chi connectivity index (χ1) is 10.7. The van der Waals surface area contributed by atoms with E-state index in [1.54, 1.807) is 11.0 Å². The van der Waals surface area contributed by atoms with E-state index in [4.69, 9.17) is 0 Å². The SMILES string of the molecule is Cc1ccccc1C(=O)NCCN1C(=O)Cc2ccccc21. The number of para-hydroxylation sites is 1. The van der Waals surface area contributed by atoms with E-state index in [1.807, 2.05) is 49.4 Å². The van der Waals surface area contributed by atoms with Crippen molar-refractivity contribution in [2.45, 2.75) is 13.3 Å². The molecule has 0 saturated carbocycles. The summed E-state index contributed by atoms with van der Waals surface area (Å²) >= 11 is 0. The Labute approximate surface area is 129 Å². The molecule has 1 aliphatic heterocycles. The first-order valence-electron chi connectivity index (χ1n) is 7.39. The molecule has 0 unspecified atom stereocenters. The number of aryl methyl sites for hydroxylation is 1. The first kappa shape index (κ1) is 14.3. The lowest BCUT2D eigenvalue weighted by molar-refractivity contribution is -0.117. The van der Waals surface area contributed by atoms with Gasteiger partial charge in [0.15, 0.2) is 0 Å². The van der Waals surface area contributed by atoms with Gasteiger partial charge in [-0.05, 0) is 30.2 Å². The van der Waals surface area contributed by atoms with Crippen LogP contribution in [-0.2, 0) is 11.2 Å². The summed E-state index contributed by atoms with van der Waals surface area (Å²) in [6.45, 7) is 2.84. The van der Waals surface area contributed by atoms with Crippen molar-refractivity contribution >= 4 is 17.5 Å². The minimum absolute atomic E-state index is 0.0892. The van der Waals surface area contributed by atoms with Crippen molar-refractivity contribution in [1.82, 2.24) is 5.32 Å². The molecule has 0 saturated heterocycles. The van der Waals surface area contributed by atoms with E-state index in [1.165, 1.54) is 0 Å². The van der Waals surface area contributed by atoms with Crippen LogP contribution in [0, 0.1) is 6.92 Å². The van der Waals surface area contributed by atoms with Gasteiger partial charge in [-0.2, -0.15) is 0 Å². The summed E-state index contributed by atoms with van der Waals surface area (Å²) in [6.07, 6.45) is 0.446. The van der Waals surface area contributed by atoms with E-state index in [0.29, 0.717) is 25.1 Å². The second kappa shape index (κ2) is 6.02. The van der Waals surface area contributed by atoms with Crippen LogP contribution < -0.4 is 10.2 Å². The number of fused-ring (bicyclic) bond motifs is 1. The molecule has 0 bridgehead atoms. The Kier molecular flexibility index (Phi) is 3.92. The summed E-state index contributed by atoms with van der Waals surface area (Å²) in [4.78, 5) is 25.9. The minimum Gasteiger partial charge on any atom is -0.350 e. The molecule has 2 aromatic rings. The molecule has 4 nitrogen and oxygen atoms in total. The van der Waals surface area contributed by atoms with Crippen LogP contribution in [0.25, 0.3) is 0 Å². The molecule has 1 aliphatic rings. The molecule has 0 aromatic heterocycles. The summed E-state index contributed by atoms with van der Waals surface area (Å²) in [6, 6.07) is 15.3. The van der Waals surface area contributed by atoms with Crippen LogP contribution in [0.1, 0.15) is 21.5 Å². The van der Waals surface area contributed by atoms with Gasteiger partial charge in [0.05, 0.1) is 6.42 Å². The van der Waals surface area contributed by atoms with Gasteiger partial charge in [0, 0.05) is 24.3 Å². The Balaban J connectivity index is 1.61. The highest BCUT2D eigenvalue weighted by atomic mass is 16.2. The van der Waals surface area contributed by atoms with Crippen molar-refractivity contribution < 1.29 is 9.59 Å². The molecule has 0 fully saturated rings. The maximum absolute atomic E-state index is 12.2. The molecule has 0 atom stereocenters. The van der Waals surface area contributed by atoms with Crippen LogP contribution in [0.5, 0.6) is 0 Å². The molecule has 2 amide bonds. The third-order valence-electron chi connectivity index (χ3n) is 3.94. The molecule has 22 heavy (non-hydrogen) atoms. The van der Waals surface area contributed by atoms with Crippen LogP contribution in [0.2, 0.25) is 0 Å². The average molecular weight is 294 g/mol. The van der Waals surface area contributed by atoms with E-state index < -0.39 is 0 Å². The summed E-state index contributed by atoms with van der Waals surface area (Å²) in [5.41, 5.74) is 3.63. The van der Waals surface area contributed by atoms with Crippen LogP contribution >= 0.6 is 0 Å². The number of carbonyl (C=O) groups is 2. The number of nitrogens with zero attached hydrogens (tertiary/aromatic N) is 1. The van der Waals surface area contributed by atoms with Crippen LogP contribution in [0.15, 0.2) is 48.5 Å². The van der Waals surface area contributed by atoms with Gasteiger partial charge in [-0.1, -0.05) is 36.4 Å². The van der Waals surface area contributed by atoms with Gasteiger partial charge in [0.2, 0.25) is 5.91 Å². The fraction of sp³-hybridized carbons (Fsp3) is 0.222. The largest absolute Gasteiger partial charge is 0.350 e. The second-order valence-corrected chi connectivity index (χ2v) is 5.42. The lowest BCUT2D eigenvalue weighted by Gasteiger charge is -2.18. The number of hydrogen-bond donors (Lipinski definition) is 1. The number of amides is 2. The number of rotatable bonds is 4. The smallest absolute Gasteiger partial charge is 0.251 e. The normalized spacial score (nSPS) is 13.1. The average Bonchev–Trinajstić information content (AvgIpc) is 2.83. The molecule has 1 heterocycles. The zero-order valence-corrected chi connectivity index (χ0v) is 12.5. The number of hydrogen-bond acceptors (Lipinski definition) is 2. The highest BCUT2D eigenvalue weighted by Crippen LogP contribution is 2.27. The molecule has 112 valence electrons. The van der Waals surface area contributed by atoms with Crippen molar-refractivity contribution in [2.24, 2.45) is 0 Å². The van der Waals surface area contributed by atoms with Gasteiger partial charge < -0.3 is 10.2 Å². The third-order valence-corrected chi connectivity index (χ3v) is 3.94. The number of nitrogens with one attached hydrogen (secondary N) is 1. The Morgan fingerprint density at radius 3 is 2.68 bits per heavy atom. The third kappa shape index (κ3) is 2.72. The van der Waals surface area contributed by atoms with Crippen molar-refractivity contribution in [3.05, 3.63) is 65.2 Å². The summed E-state index contributed by atoms with van der Waals surface area (Å²) in [5, 5.41) is 2.89.